The van der Waals surface area contributed by atoms with E-state index in [-0.39, 0.29) is 45.6 Å². The molecule has 0 spiro atoms. The molecule has 126 heavy (non-hydrogen) atoms. The maximum absolute atomic E-state index is 12.7. The molecular weight excluding hydrogens is 1620 g/mol. The Labute approximate surface area is 737 Å². The van der Waals surface area contributed by atoms with E-state index in [9.17, 15) is 43.2 Å². The van der Waals surface area contributed by atoms with Gasteiger partial charge in [-0.1, -0.05) is 248 Å². The first-order chi connectivity index (χ1) is 61.3. The lowest BCUT2D eigenvalue weighted by molar-refractivity contribution is -0.00430. The van der Waals surface area contributed by atoms with Crippen molar-refractivity contribution >= 4 is 111 Å². The summed E-state index contributed by atoms with van der Waals surface area (Å²) >= 11 is 2.92. The van der Waals surface area contributed by atoms with Crippen molar-refractivity contribution in [1.29, 1.82) is 0 Å². The van der Waals surface area contributed by atoms with Gasteiger partial charge in [-0.15, -0.1) is 11.3 Å². The highest BCUT2D eigenvalue weighted by Gasteiger charge is 2.36. The van der Waals surface area contributed by atoms with Crippen molar-refractivity contribution in [2.45, 2.75) is 45.1 Å². The first-order valence-corrected chi connectivity index (χ1v) is 42.1. The zero-order valence-corrected chi connectivity index (χ0v) is 71.5. The summed E-state index contributed by atoms with van der Waals surface area (Å²) in [5, 5.41) is 6.29. The lowest BCUT2D eigenvalue weighted by atomic mass is 9.91. The van der Waals surface area contributed by atoms with Crippen LogP contribution in [-0.4, -0.2) is 95.9 Å². The molecule has 18 nitrogen and oxygen atoms in total. The maximum Gasteiger partial charge on any atom is 0.535 e. The molecule has 1 saturated heterocycles. The van der Waals surface area contributed by atoms with Gasteiger partial charge in [-0.3, -0.25) is 48.1 Å². The Kier molecular flexibility index (Phi) is 34.6. The van der Waals surface area contributed by atoms with Crippen LogP contribution in [0.15, 0.2) is 406 Å². The van der Waals surface area contributed by atoms with Crippen LogP contribution in [0.25, 0.3) is 42.1 Å². The summed E-state index contributed by atoms with van der Waals surface area (Å²) in [5.74, 6) is 2.49. The van der Waals surface area contributed by atoms with Crippen molar-refractivity contribution in [3.05, 3.63) is 442 Å². The van der Waals surface area contributed by atoms with Crippen LogP contribution in [0.4, 0.5) is 4.79 Å². The Bertz CT molecular complexity index is 6230. The molecule has 2 aromatic heterocycles. The topological polar surface area (TPSA) is 238 Å². The summed E-state index contributed by atoms with van der Waals surface area (Å²) in [6, 6.07) is 116. The Morgan fingerprint density at radius 2 is 0.762 bits per heavy atom. The van der Waals surface area contributed by atoms with Gasteiger partial charge in [-0.05, 0) is 186 Å². The monoisotopic (exact) mass is 1710 g/mol. The number of rotatable bonds is 20. The number of morpholine rings is 1. The van der Waals surface area contributed by atoms with Gasteiger partial charge >= 0.3 is 6.16 Å². The minimum Gasteiger partial charge on any atom is -0.494 e. The fraction of sp³-hybridized carbons (Fsp3) is 0.113. The average Bonchev–Trinajstić information content (AvgIpc) is 0.785. The zero-order chi connectivity index (χ0) is 88.8. The van der Waals surface area contributed by atoms with Crippen molar-refractivity contribution in [1.82, 2.24) is 4.90 Å². The second kappa shape index (κ2) is 47.5. The number of benzene rings is 14. The van der Waals surface area contributed by atoms with Gasteiger partial charge < -0.3 is 28.1 Å². The molecule has 1 aliphatic rings. The van der Waals surface area contributed by atoms with E-state index in [4.69, 9.17) is 23.4 Å². The van der Waals surface area contributed by atoms with Crippen LogP contribution in [0.2, 0.25) is 0 Å². The second-order valence-corrected chi connectivity index (χ2v) is 30.2. The van der Waals surface area contributed by atoms with Gasteiger partial charge in [-0.25, -0.2) is 4.79 Å². The molecule has 0 unspecified atom stereocenters. The first-order valence-electron chi connectivity index (χ1n) is 40.5. The normalized spacial score (nSPS) is 11.5. The number of ether oxygens (including phenoxy) is 5. The molecule has 0 bridgehead atoms. The number of thioether (sulfide) groups is 1. The molecular formula is C106H90N2O16S2. The third kappa shape index (κ3) is 26.8. The van der Waals surface area contributed by atoms with Crippen LogP contribution in [0.1, 0.15) is 102 Å². The molecule has 1 aliphatic heterocycles. The Morgan fingerprint density at radius 1 is 0.389 bits per heavy atom. The lowest BCUT2D eigenvalue weighted by Gasteiger charge is -2.39. The van der Waals surface area contributed by atoms with Crippen LogP contribution in [0, 0.1) is 0 Å². The minimum atomic E-state index is -0.923. The summed E-state index contributed by atoms with van der Waals surface area (Å²) in [5.41, 5.74) is 5.03. The van der Waals surface area contributed by atoms with E-state index in [1.165, 1.54) is 18.7 Å². The fourth-order valence-electron chi connectivity index (χ4n) is 12.5. The van der Waals surface area contributed by atoms with Gasteiger partial charge in [0.15, 0.2) is 17.0 Å². The number of hydrogen-bond acceptors (Lipinski definition) is 20. The van der Waals surface area contributed by atoms with E-state index < -0.39 is 23.3 Å². The largest absolute Gasteiger partial charge is 0.535 e. The summed E-state index contributed by atoms with van der Waals surface area (Å²) < 4.78 is 34.6. The van der Waals surface area contributed by atoms with Crippen LogP contribution in [-0.2, 0) is 14.3 Å². The van der Waals surface area contributed by atoms with Crippen LogP contribution < -0.4 is 25.1 Å². The molecule has 1 fully saturated rings. The number of oxime groups is 1. The molecule has 0 atom stereocenters. The van der Waals surface area contributed by atoms with E-state index in [0.29, 0.717) is 86.8 Å². The summed E-state index contributed by atoms with van der Waals surface area (Å²) in [6.45, 7) is 12.9. The molecule has 16 aromatic rings. The molecule has 0 aliphatic carbocycles. The molecule has 0 amide bonds. The van der Waals surface area contributed by atoms with Crippen molar-refractivity contribution in [3.63, 3.8) is 0 Å². The van der Waals surface area contributed by atoms with E-state index in [1.807, 2.05) is 251 Å². The second-order valence-electron chi connectivity index (χ2n) is 28.1. The highest BCUT2D eigenvalue weighted by atomic mass is 32.2. The molecule has 3 heterocycles. The molecule has 14 aromatic carbocycles. The number of ketones is 5. The van der Waals surface area contributed by atoms with Crippen LogP contribution >= 0.6 is 23.1 Å². The van der Waals surface area contributed by atoms with Crippen LogP contribution in [0.3, 0.4) is 0 Å². The third-order valence-electron chi connectivity index (χ3n) is 19.1. The third-order valence-corrected chi connectivity index (χ3v) is 21.1. The summed E-state index contributed by atoms with van der Waals surface area (Å²) in [4.78, 5) is 115. The van der Waals surface area contributed by atoms with Gasteiger partial charge in [0.25, 0.3) is 0 Å². The van der Waals surface area contributed by atoms with Crippen molar-refractivity contribution in [2.24, 2.45) is 5.16 Å². The average molecular weight is 1710 g/mol. The number of nitrogens with zero attached hydrogens (tertiary/aromatic N) is 2. The molecule has 17 rings (SSSR count). The van der Waals surface area contributed by atoms with Crippen molar-refractivity contribution in [3.8, 4) is 28.7 Å². The number of Topliss-reactive ketones (excluding diaryl/α,β-unsaturated/α-hetero) is 4. The standard InChI is InChI=1S/C25H18O3.C15H12O3.C14H19NO2.C14H10O2.C13H8OS.C13H10OS.C12H13NO4/c26-25(19-11-15-23(16-12-19)27-21-7-3-1-4-8-21)20-13-17-24(18-14-20)28-22-9-5-2-6-10-22;1-2-17-10-7-8-14-12(9-10)15(16)11-5-3-4-6-13(11)18-14;1-14(2,15-8-10-17-11-9-15)13(16)12-6-4-3-5-7-12;15-13(11-7-3-1-4-8-11)14(16)12-9-5-2-6-10-12;14-13-9-5-1-3-7-11(9)15-12-8-4-2-6-10(12)13;14-13(11-7-3-1-4-8-11)15-12-9-5-2-6-10-12;1-3-16-12(15)17-13-9(2)11(14)10-7-5-4-6-8-10/h1-18H;3-9H,2H2,1H3;3-7H,8-11H2,1-2H3;1-10H;1-8H;1-10H;4-8H,3H2,1-2H3/b;;;;;;13-9+. The van der Waals surface area contributed by atoms with E-state index >= 15 is 0 Å². The van der Waals surface area contributed by atoms with E-state index in [0.717, 1.165) is 60.8 Å². The van der Waals surface area contributed by atoms with Gasteiger partial charge in [0.2, 0.25) is 27.9 Å². The SMILES string of the molecule is CC(C)(C(=O)c1ccccc1)N1CCOCC1.CCOC(=O)O/N=C(\C)C(=O)c1ccccc1.CCOc1ccc2oc3ccccc3c(=O)c2c1.O=C(C(=O)c1ccccc1)c1ccccc1.O=C(Sc1ccccc1)c1ccccc1.O=C(c1ccc(Oc2ccccc2)cc1)c1ccc(Oc2ccccc2)cc1.O=c1c2ccccc2sc2ccccc12. The smallest absolute Gasteiger partial charge is 0.494 e. The predicted molar refractivity (Wildman–Crippen MR) is 500 cm³/mol. The van der Waals surface area contributed by atoms with Gasteiger partial charge in [0, 0.05) is 77.1 Å². The molecule has 0 saturated carbocycles. The first kappa shape index (κ1) is 91.8. The van der Waals surface area contributed by atoms with Gasteiger partial charge in [0.1, 0.15) is 45.6 Å². The number of carbonyl (C=O) groups is 7. The summed E-state index contributed by atoms with van der Waals surface area (Å²) in [7, 11) is 0. The summed E-state index contributed by atoms with van der Waals surface area (Å²) in [6.07, 6.45) is -0.923. The zero-order valence-electron chi connectivity index (χ0n) is 69.9. The molecule has 632 valence electrons. The maximum atomic E-state index is 12.7. The number of para-hydroxylation sites is 3. The highest BCUT2D eigenvalue weighted by Crippen LogP contribution is 2.29. The van der Waals surface area contributed by atoms with E-state index in [2.05, 4.69) is 19.6 Å². The molecule has 20 heteroatoms. The van der Waals surface area contributed by atoms with Gasteiger partial charge in [-0.2, -0.15) is 0 Å². The minimum absolute atomic E-state index is 0.0200. The Hall–Kier alpha value is -14.9. The van der Waals surface area contributed by atoms with Crippen molar-refractivity contribution in [2.75, 3.05) is 39.5 Å². The predicted octanol–water partition coefficient (Wildman–Crippen LogP) is 24.0. The molecule has 0 radical (unpaired) electrons. The number of hydrogen-bond donors (Lipinski definition) is 0. The lowest BCUT2D eigenvalue weighted by Crippen LogP contribution is -2.54. The van der Waals surface area contributed by atoms with Crippen molar-refractivity contribution < 1.29 is 66.5 Å². The number of carbonyl (C=O) groups excluding carboxylic acids is 7. The number of fused-ring (bicyclic) bond motifs is 4. The van der Waals surface area contributed by atoms with Gasteiger partial charge in [0.05, 0.1) is 42.7 Å². The van der Waals surface area contributed by atoms with E-state index in [1.54, 1.807) is 170 Å². The Morgan fingerprint density at radius 3 is 1.22 bits per heavy atom. The highest BCUT2D eigenvalue weighted by molar-refractivity contribution is 8.14. The molecule has 0 N–H and O–H groups in total. The Balaban J connectivity index is 0.000000144. The van der Waals surface area contributed by atoms with Crippen LogP contribution in [0.5, 0.6) is 28.7 Å². The quantitative estimate of drug-likeness (QED) is 0.0101. The fourth-order valence-corrected chi connectivity index (χ4v) is 14.4.